The van der Waals surface area contributed by atoms with Crippen molar-refractivity contribution in [3.63, 3.8) is 0 Å². The van der Waals surface area contributed by atoms with Gasteiger partial charge in [0.2, 0.25) is 11.8 Å². The summed E-state index contributed by atoms with van der Waals surface area (Å²) in [5.41, 5.74) is 0. The van der Waals surface area contributed by atoms with Crippen LogP contribution in [0.5, 0.6) is 0 Å². The lowest BCUT2D eigenvalue weighted by Crippen LogP contribution is -2.17. The summed E-state index contributed by atoms with van der Waals surface area (Å²) in [6.45, 7) is 6.94. The summed E-state index contributed by atoms with van der Waals surface area (Å²) in [6.07, 6.45) is 3.12. The first-order valence-electron chi connectivity index (χ1n) is 6.46. The molecule has 5 heteroatoms. The van der Waals surface area contributed by atoms with E-state index in [4.69, 9.17) is 9.15 Å². The molecule has 17 heavy (non-hydrogen) atoms. The first-order valence-corrected chi connectivity index (χ1v) is 6.46. The predicted molar refractivity (Wildman–Crippen MR) is 63.9 cm³/mol. The van der Waals surface area contributed by atoms with Gasteiger partial charge in [-0.3, -0.25) is 0 Å². The number of nitrogens with zero attached hydrogens (tertiary/aromatic N) is 2. The summed E-state index contributed by atoms with van der Waals surface area (Å²) in [7, 11) is 0. The van der Waals surface area contributed by atoms with Crippen molar-refractivity contribution in [2.24, 2.45) is 0 Å². The van der Waals surface area contributed by atoms with Crippen molar-refractivity contribution in [1.29, 1.82) is 0 Å². The molecule has 1 N–H and O–H groups in total. The van der Waals surface area contributed by atoms with E-state index in [-0.39, 0.29) is 12.0 Å². The zero-order chi connectivity index (χ0) is 12.1. The monoisotopic (exact) mass is 239 g/mol. The summed E-state index contributed by atoms with van der Waals surface area (Å²) in [4.78, 5) is 0. The molecule has 0 spiro atoms. The lowest BCUT2D eigenvalue weighted by molar-refractivity contribution is 0.114. The molecule has 1 aliphatic heterocycles. The smallest absolute Gasteiger partial charge is 0.222 e. The molecule has 1 fully saturated rings. The van der Waals surface area contributed by atoms with Gasteiger partial charge in [0.05, 0.1) is 12.0 Å². The van der Waals surface area contributed by atoms with Crippen molar-refractivity contribution < 1.29 is 9.15 Å². The molecule has 2 heterocycles. The molecule has 5 nitrogen and oxygen atoms in total. The van der Waals surface area contributed by atoms with E-state index in [9.17, 15) is 0 Å². The van der Waals surface area contributed by atoms with Crippen molar-refractivity contribution in [2.75, 3.05) is 19.7 Å². The van der Waals surface area contributed by atoms with Crippen molar-refractivity contribution in [2.45, 2.75) is 45.1 Å². The van der Waals surface area contributed by atoms with Gasteiger partial charge in [-0.05, 0) is 26.3 Å². The van der Waals surface area contributed by atoms with Crippen LogP contribution in [0.1, 0.15) is 44.4 Å². The zero-order valence-electron chi connectivity index (χ0n) is 10.6. The van der Waals surface area contributed by atoms with Crippen LogP contribution in [0.3, 0.4) is 0 Å². The molecule has 0 radical (unpaired) electrons. The van der Waals surface area contributed by atoms with Gasteiger partial charge in [-0.1, -0.05) is 6.92 Å². The molecule has 2 rings (SSSR count). The number of nitrogens with one attached hydrogen (secondary N) is 1. The van der Waals surface area contributed by atoms with E-state index < -0.39 is 0 Å². The number of rotatable bonds is 6. The Bertz CT molecular complexity index is 340. The Morgan fingerprint density at radius 3 is 2.94 bits per heavy atom. The molecule has 2 unspecified atom stereocenters. The van der Waals surface area contributed by atoms with Crippen molar-refractivity contribution in [1.82, 2.24) is 15.5 Å². The second-order valence-corrected chi connectivity index (χ2v) is 4.51. The number of hydrogen-bond donors (Lipinski definition) is 1. The number of ether oxygens (including phenoxy) is 1. The van der Waals surface area contributed by atoms with Gasteiger partial charge >= 0.3 is 0 Å². The molecule has 1 aliphatic rings. The van der Waals surface area contributed by atoms with Crippen LogP contribution in [-0.2, 0) is 11.2 Å². The minimum absolute atomic E-state index is 0.196. The van der Waals surface area contributed by atoms with Crippen LogP contribution in [0.15, 0.2) is 4.42 Å². The second-order valence-electron chi connectivity index (χ2n) is 4.51. The third-order valence-electron chi connectivity index (χ3n) is 3.12. The van der Waals surface area contributed by atoms with E-state index in [2.05, 4.69) is 29.4 Å². The minimum atomic E-state index is 0.196. The fourth-order valence-electron chi connectivity index (χ4n) is 2.07. The van der Waals surface area contributed by atoms with Gasteiger partial charge in [-0.25, -0.2) is 0 Å². The van der Waals surface area contributed by atoms with Gasteiger partial charge in [0.15, 0.2) is 0 Å². The van der Waals surface area contributed by atoms with Crippen LogP contribution >= 0.6 is 0 Å². The molecule has 96 valence electrons. The average Bonchev–Trinajstić information content (AvgIpc) is 2.93. The number of hydrogen-bond acceptors (Lipinski definition) is 5. The molecule has 1 saturated heterocycles. The van der Waals surface area contributed by atoms with E-state index in [0.717, 1.165) is 50.7 Å². The summed E-state index contributed by atoms with van der Waals surface area (Å²) in [6, 6.07) is 0. The topological polar surface area (TPSA) is 60.2 Å². The highest BCUT2D eigenvalue weighted by molar-refractivity contribution is 4.97. The van der Waals surface area contributed by atoms with Crippen molar-refractivity contribution >= 4 is 0 Å². The normalized spacial score (nSPS) is 24.4. The van der Waals surface area contributed by atoms with E-state index in [1.165, 1.54) is 0 Å². The summed E-state index contributed by atoms with van der Waals surface area (Å²) < 4.78 is 11.2. The van der Waals surface area contributed by atoms with Crippen LogP contribution in [0, 0.1) is 0 Å². The number of aromatic nitrogens is 2. The molecule has 1 aromatic rings. The maximum atomic E-state index is 5.68. The van der Waals surface area contributed by atoms with E-state index in [1.807, 2.05) is 0 Å². The Labute approximate surface area is 102 Å². The van der Waals surface area contributed by atoms with E-state index in [0.29, 0.717) is 0 Å². The van der Waals surface area contributed by atoms with Crippen molar-refractivity contribution in [3.05, 3.63) is 11.8 Å². The van der Waals surface area contributed by atoms with E-state index in [1.54, 1.807) is 0 Å². The van der Waals surface area contributed by atoms with Crippen molar-refractivity contribution in [3.8, 4) is 0 Å². The summed E-state index contributed by atoms with van der Waals surface area (Å²) in [5.74, 6) is 1.74. The maximum absolute atomic E-state index is 5.68. The second kappa shape index (κ2) is 6.12. The Morgan fingerprint density at radius 1 is 1.35 bits per heavy atom. The Balaban J connectivity index is 1.83. The highest BCUT2D eigenvalue weighted by Gasteiger charge is 2.30. The van der Waals surface area contributed by atoms with Gasteiger partial charge in [0.1, 0.15) is 0 Å². The third-order valence-corrected chi connectivity index (χ3v) is 3.12. The summed E-state index contributed by atoms with van der Waals surface area (Å²) >= 11 is 0. The molecule has 0 bridgehead atoms. The van der Waals surface area contributed by atoms with Gasteiger partial charge in [0, 0.05) is 19.6 Å². The molecular weight excluding hydrogens is 218 g/mol. The van der Waals surface area contributed by atoms with Gasteiger partial charge in [-0.2, -0.15) is 0 Å². The SMILES string of the molecule is CCCNCCc1nnc(C2CCOC2C)o1. The van der Waals surface area contributed by atoms with Gasteiger partial charge in [-0.15, -0.1) is 10.2 Å². The quantitative estimate of drug-likeness (QED) is 0.762. The third kappa shape index (κ3) is 3.26. The molecule has 0 amide bonds. The molecule has 0 saturated carbocycles. The first-order chi connectivity index (χ1) is 8.31. The van der Waals surface area contributed by atoms with Gasteiger partial charge in [0.25, 0.3) is 0 Å². The minimum Gasteiger partial charge on any atom is -0.425 e. The zero-order valence-corrected chi connectivity index (χ0v) is 10.6. The van der Waals surface area contributed by atoms with Crippen LogP contribution in [0.2, 0.25) is 0 Å². The standard InChI is InChI=1S/C12H21N3O2/c1-3-6-13-7-4-11-14-15-12(17-11)10-5-8-16-9(10)2/h9-10,13H,3-8H2,1-2H3. The highest BCUT2D eigenvalue weighted by Crippen LogP contribution is 2.29. The lowest BCUT2D eigenvalue weighted by Gasteiger charge is -2.08. The molecule has 0 aromatic carbocycles. The maximum Gasteiger partial charge on any atom is 0.222 e. The Hall–Kier alpha value is -0.940. The fourth-order valence-corrected chi connectivity index (χ4v) is 2.07. The molecule has 2 atom stereocenters. The molecule has 1 aromatic heterocycles. The van der Waals surface area contributed by atoms with Gasteiger partial charge < -0.3 is 14.5 Å². The fraction of sp³-hybridized carbons (Fsp3) is 0.833. The first kappa shape index (κ1) is 12.5. The van der Waals surface area contributed by atoms with Crippen LogP contribution < -0.4 is 5.32 Å². The van der Waals surface area contributed by atoms with Crippen LogP contribution in [0.4, 0.5) is 0 Å². The Morgan fingerprint density at radius 2 is 2.24 bits per heavy atom. The van der Waals surface area contributed by atoms with E-state index >= 15 is 0 Å². The summed E-state index contributed by atoms with van der Waals surface area (Å²) in [5, 5.41) is 11.5. The average molecular weight is 239 g/mol. The lowest BCUT2D eigenvalue weighted by atomic mass is 10.0. The molecule has 0 aliphatic carbocycles. The highest BCUT2D eigenvalue weighted by atomic mass is 16.5. The molecular formula is C12H21N3O2. The Kier molecular flexibility index (Phi) is 4.50. The predicted octanol–water partition coefficient (Wildman–Crippen LogP) is 1.50. The van der Waals surface area contributed by atoms with Crippen LogP contribution in [0.25, 0.3) is 0 Å². The largest absolute Gasteiger partial charge is 0.425 e. The van der Waals surface area contributed by atoms with Crippen LogP contribution in [-0.4, -0.2) is 36.0 Å².